The lowest BCUT2D eigenvalue weighted by Gasteiger charge is -2.12. The van der Waals surface area contributed by atoms with Crippen molar-refractivity contribution in [3.8, 4) is 0 Å². The van der Waals surface area contributed by atoms with E-state index < -0.39 is 0 Å². The Morgan fingerprint density at radius 2 is 1.81 bits per heavy atom. The number of hydrogen-bond acceptors (Lipinski definition) is 2. The molecule has 2 N–H and O–H groups in total. The summed E-state index contributed by atoms with van der Waals surface area (Å²) in [5, 5.41) is 7.30. The summed E-state index contributed by atoms with van der Waals surface area (Å²) in [5.41, 5.74) is 0. The maximum Gasteiger partial charge on any atom is 0.00993 e. The molecule has 0 saturated heterocycles. The lowest BCUT2D eigenvalue weighted by molar-refractivity contribution is 0.436. The fourth-order valence-corrected chi connectivity index (χ4v) is 2.40. The van der Waals surface area contributed by atoms with Crippen LogP contribution in [-0.4, -0.2) is 25.2 Å². The van der Waals surface area contributed by atoms with Crippen LogP contribution in [-0.2, 0) is 0 Å². The molecule has 0 aliphatic heterocycles. The molecule has 0 aromatic heterocycles. The zero-order chi connectivity index (χ0) is 11.5. The van der Waals surface area contributed by atoms with Crippen molar-refractivity contribution in [1.82, 2.24) is 10.6 Å². The van der Waals surface area contributed by atoms with Gasteiger partial charge in [0.25, 0.3) is 0 Å². The molecule has 0 radical (unpaired) electrons. The third kappa shape index (κ3) is 4.42. The van der Waals surface area contributed by atoms with E-state index >= 15 is 0 Å². The summed E-state index contributed by atoms with van der Waals surface area (Å²) in [4.78, 5) is 0. The first-order valence-electron chi connectivity index (χ1n) is 7.12. The van der Waals surface area contributed by atoms with E-state index in [9.17, 15) is 0 Å². The molecule has 2 rings (SSSR count). The summed E-state index contributed by atoms with van der Waals surface area (Å²) in [6.45, 7) is 9.39. The van der Waals surface area contributed by atoms with E-state index in [1.165, 1.54) is 38.8 Å². The summed E-state index contributed by atoms with van der Waals surface area (Å²) in [5.74, 6) is 2.61. The van der Waals surface area contributed by atoms with Crippen LogP contribution < -0.4 is 10.6 Å². The molecular formula is C14H28N2. The lowest BCUT2D eigenvalue weighted by Crippen LogP contribution is -2.26. The first-order valence-corrected chi connectivity index (χ1v) is 7.12. The van der Waals surface area contributed by atoms with Crippen LogP contribution in [0.15, 0.2) is 0 Å². The van der Waals surface area contributed by atoms with Gasteiger partial charge in [0.1, 0.15) is 0 Å². The monoisotopic (exact) mass is 224 g/mol. The summed E-state index contributed by atoms with van der Waals surface area (Å²) >= 11 is 0. The van der Waals surface area contributed by atoms with Crippen molar-refractivity contribution >= 4 is 0 Å². The van der Waals surface area contributed by atoms with Gasteiger partial charge < -0.3 is 10.6 Å². The van der Waals surface area contributed by atoms with Gasteiger partial charge in [-0.25, -0.2) is 0 Å². The van der Waals surface area contributed by atoms with Crippen LogP contribution >= 0.6 is 0 Å². The molecule has 2 unspecified atom stereocenters. The molecule has 0 spiro atoms. The Balaban J connectivity index is 1.50. The molecular weight excluding hydrogens is 196 g/mol. The first kappa shape index (κ1) is 12.4. The predicted octanol–water partition coefficient (Wildman–Crippen LogP) is 2.40. The molecule has 94 valence electrons. The molecule has 2 aliphatic carbocycles. The Labute approximate surface area is 101 Å². The van der Waals surface area contributed by atoms with Gasteiger partial charge in [-0.3, -0.25) is 0 Å². The first-order chi connectivity index (χ1) is 7.65. The largest absolute Gasteiger partial charge is 0.314 e. The van der Waals surface area contributed by atoms with Crippen molar-refractivity contribution in [3.05, 3.63) is 0 Å². The second kappa shape index (κ2) is 5.50. The van der Waals surface area contributed by atoms with Gasteiger partial charge in [-0.05, 0) is 56.5 Å². The molecule has 0 bridgehead atoms. The topological polar surface area (TPSA) is 24.1 Å². The molecule has 2 heteroatoms. The van der Waals surface area contributed by atoms with E-state index in [-0.39, 0.29) is 0 Å². The highest BCUT2D eigenvalue weighted by Crippen LogP contribution is 2.36. The summed E-state index contributed by atoms with van der Waals surface area (Å²) in [6, 6.07) is 1.71. The zero-order valence-electron chi connectivity index (χ0n) is 11.1. The molecule has 0 aromatic rings. The van der Waals surface area contributed by atoms with Crippen molar-refractivity contribution in [3.63, 3.8) is 0 Å². The van der Waals surface area contributed by atoms with Crippen LogP contribution in [0.3, 0.4) is 0 Å². The Morgan fingerprint density at radius 1 is 1.06 bits per heavy atom. The molecule has 0 heterocycles. The SMILES string of the molecule is CC(C)CNC1CC1C[C@H](C)CNC1CC1. The second-order valence-corrected chi connectivity index (χ2v) is 6.43. The van der Waals surface area contributed by atoms with Gasteiger partial charge >= 0.3 is 0 Å². The lowest BCUT2D eigenvalue weighted by atomic mass is 10.0. The van der Waals surface area contributed by atoms with Crippen molar-refractivity contribution in [2.24, 2.45) is 17.8 Å². The summed E-state index contributed by atoms with van der Waals surface area (Å²) < 4.78 is 0. The van der Waals surface area contributed by atoms with Gasteiger partial charge in [0.15, 0.2) is 0 Å². The van der Waals surface area contributed by atoms with Crippen LogP contribution in [0.2, 0.25) is 0 Å². The number of hydrogen-bond donors (Lipinski definition) is 2. The standard InChI is InChI=1S/C14H28N2/c1-10(2)8-16-14-7-12(14)6-11(3)9-15-13-4-5-13/h10-16H,4-9H2,1-3H3/t11-,12?,14?/m0/s1. The fraction of sp³-hybridized carbons (Fsp3) is 1.00. The average molecular weight is 224 g/mol. The highest BCUT2D eigenvalue weighted by Gasteiger charge is 2.37. The van der Waals surface area contributed by atoms with E-state index in [0.29, 0.717) is 0 Å². The minimum atomic E-state index is 0.787. The highest BCUT2D eigenvalue weighted by molar-refractivity contribution is 4.94. The van der Waals surface area contributed by atoms with Gasteiger partial charge in [-0.2, -0.15) is 0 Å². The minimum absolute atomic E-state index is 0.787. The zero-order valence-corrected chi connectivity index (χ0v) is 11.1. The van der Waals surface area contributed by atoms with E-state index in [0.717, 1.165) is 29.8 Å². The molecule has 2 aliphatic rings. The molecule has 2 fully saturated rings. The summed E-state index contributed by atoms with van der Waals surface area (Å²) in [6.07, 6.45) is 5.65. The molecule has 0 amide bonds. The third-order valence-corrected chi connectivity index (χ3v) is 3.75. The maximum absolute atomic E-state index is 3.67. The Morgan fingerprint density at radius 3 is 2.44 bits per heavy atom. The Hall–Kier alpha value is -0.0800. The minimum Gasteiger partial charge on any atom is -0.314 e. The maximum atomic E-state index is 3.67. The Kier molecular flexibility index (Phi) is 4.26. The van der Waals surface area contributed by atoms with Gasteiger partial charge in [-0.15, -0.1) is 0 Å². The van der Waals surface area contributed by atoms with E-state index in [2.05, 4.69) is 31.4 Å². The van der Waals surface area contributed by atoms with Crippen molar-refractivity contribution in [2.45, 2.75) is 58.5 Å². The molecule has 2 nitrogen and oxygen atoms in total. The van der Waals surface area contributed by atoms with Crippen LogP contribution in [0.5, 0.6) is 0 Å². The number of nitrogens with one attached hydrogen (secondary N) is 2. The van der Waals surface area contributed by atoms with E-state index in [1.54, 1.807) is 0 Å². The van der Waals surface area contributed by atoms with Crippen LogP contribution in [0.4, 0.5) is 0 Å². The molecule has 0 aromatic carbocycles. The molecule has 2 saturated carbocycles. The van der Waals surface area contributed by atoms with Crippen molar-refractivity contribution in [2.75, 3.05) is 13.1 Å². The van der Waals surface area contributed by atoms with Crippen LogP contribution in [0.25, 0.3) is 0 Å². The Bertz CT molecular complexity index is 211. The fourth-order valence-electron chi connectivity index (χ4n) is 2.40. The van der Waals surface area contributed by atoms with E-state index in [1.807, 2.05) is 0 Å². The summed E-state index contributed by atoms with van der Waals surface area (Å²) in [7, 11) is 0. The predicted molar refractivity (Wildman–Crippen MR) is 69.5 cm³/mol. The normalized spacial score (nSPS) is 30.8. The van der Waals surface area contributed by atoms with Gasteiger partial charge in [0.05, 0.1) is 0 Å². The van der Waals surface area contributed by atoms with Gasteiger partial charge in [0, 0.05) is 12.1 Å². The molecule has 16 heavy (non-hydrogen) atoms. The van der Waals surface area contributed by atoms with Crippen molar-refractivity contribution < 1.29 is 0 Å². The van der Waals surface area contributed by atoms with Crippen LogP contribution in [0, 0.1) is 17.8 Å². The third-order valence-electron chi connectivity index (χ3n) is 3.75. The van der Waals surface area contributed by atoms with Crippen molar-refractivity contribution in [1.29, 1.82) is 0 Å². The van der Waals surface area contributed by atoms with E-state index in [4.69, 9.17) is 0 Å². The van der Waals surface area contributed by atoms with Crippen LogP contribution in [0.1, 0.15) is 46.5 Å². The second-order valence-electron chi connectivity index (χ2n) is 6.43. The highest BCUT2D eigenvalue weighted by atomic mass is 15.0. The number of rotatable bonds is 8. The van der Waals surface area contributed by atoms with Gasteiger partial charge in [0.2, 0.25) is 0 Å². The molecule has 3 atom stereocenters. The average Bonchev–Trinajstić information content (AvgIpc) is 3.09. The van der Waals surface area contributed by atoms with Gasteiger partial charge in [-0.1, -0.05) is 20.8 Å². The smallest absolute Gasteiger partial charge is 0.00993 e. The quantitative estimate of drug-likeness (QED) is 0.661.